The number of aromatic nitrogens is 2. The normalized spacial score (nSPS) is 16.6. The minimum absolute atomic E-state index is 0.0123. The molecule has 1 unspecified atom stereocenters. The van der Waals surface area contributed by atoms with E-state index < -0.39 is 10.8 Å². The molecule has 0 amide bonds. The van der Waals surface area contributed by atoms with Crippen LogP contribution in [0, 0.1) is 28.4 Å². The number of rotatable bonds is 2. The van der Waals surface area contributed by atoms with Crippen LogP contribution in [-0.2, 0) is 0 Å². The lowest BCUT2D eigenvalue weighted by molar-refractivity contribution is -0.399. The average molecular weight is 298 g/mol. The molecule has 0 saturated heterocycles. The van der Waals surface area contributed by atoms with Crippen LogP contribution >= 0.6 is 0 Å². The quantitative estimate of drug-likeness (QED) is 0.636. The summed E-state index contributed by atoms with van der Waals surface area (Å²) in [4.78, 5) is 16.5. The molecule has 1 aliphatic rings. The van der Waals surface area contributed by atoms with Gasteiger partial charge in [-0.05, 0) is 5.56 Å². The Labute approximate surface area is 125 Å². The maximum Gasteiger partial charge on any atom is 0.333 e. The van der Waals surface area contributed by atoms with Crippen molar-refractivity contribution in [1.82, 2.24) is 4.98 Å². The second kappa shape index (κ2) is 4.89. The van der Waals surface area contributed by atoms with Gasteiger partial charge < -0.3 is 10.5 Å². The van der Waals surface area contributed by atoms with Gasteiger partial charge in [-0.2, -0.15) is 5.26 Å². The van der Waals surface area contributed by atoms with Crippen LogP contribution in [0.2, 0.25) is 0 Å². The number of nitrogens with zero attached hydrogens (tertiary/aromatic N) is 2. The number of imidazole rings is 1. The van der Waals surface area contributed by atoms with Gasteiger partial charge in [-0.1, -0.05) is 12.1 Å². The number of allylic oxidation sites excluding steroid dienone is 1. The van der Waals surface area contributed by atoms with Gasteiger partial charge in [-0.3, -0.25) is 10.1 Å². The number of nitro groups is 1. The van der Waals surface area contributed by atoms with Gasteiger partial charge in [0.25, 0.3) is 11.5 Å². The highest BCUT2D eigenvalue weighted by Crippen LogP contribution is 2.39. The van der Waals surface area contributed by atoms with Crippen molar-refractivity contribution in [2.24, 2.45) is 5.73 Å². The van der Waals surface area contributed by atoms with Gasteiger partial charge in [0.05, 0.1) is 10.8 Å². The van der Waals surface area contributed by atoms with E-state index in [-0.39, 0.29) is 17.1 Å². The van der Waals surface area contributed by atoms with Crippen molar-refractivity contribution in [3.63, 3.8) is 0 Å². The third kappa shape index (κ3) is 2.05. The van der Waals surface area contributed by atoms with Gasteiger partial charge in [-0.15, -0.1) is 0 Å². The Balaban J connectivity index is 2.21. The largest absolute Gasteiger partial charge is 0.403 e. The van der Waals surface area contributed by atoms with Crippen LogP contribution in [0.5, 0.6) is 5.88 Å². The Bertz CT molecular complexity index is 846. The van der Waals surface area contributed by atoms with Gasteiger partial charge in [0.2, 0.25) is 11.6 Å². The molecule has 3 rings (SSSR count). The number of hydrogen-bond acceptors (Lipinski definition) is 5. The van der Waals surface area contributed by atoms with Crippen molar-refractivity contribution in [3.8, 4) is 11.9 Å². The Morgan fingerprint density at radius 2 is 2.32 bits per heavy atom. The molecule has 0 aliphatic carbocycles. The SMILES string of the molecule is Cc1[nH]c2c([nH+]1)OC(N)=C(C#N)C2c1cccc([N+](=O)[O-])c1. The van der Waals surface area contributed by atoms with Gasteiger partial charge in [0, 0.05) is 19.1 Å². The summed E-state index contributed by atoms with van der Waals surface area (Å²) in [6.07, 6.45) is 0. The molecule has 0 fully saturated rings. The molecule has 0 radical (unpaired) electrons. The number of nitrogens with two attached hydrogens (primary N) is 1. The molecule has 1 aliphatic heterocycles. The number of hydrogen-bond donors (Lipinski definition) is 2. The number of aryl methyl sites for hydroxylation is 1. The highest BCUT2D eigenvalue weighted by atomic mass is 16.6. The zero-order valence-corrected chi connectivity index (χ0v) is 11.6. The fraction of sp³-hybridized carbons (Fsp3) is 0.143. The van der Waals surface area contributed by atoms with E-state index in [1.807, 2.05) is 6.07 Å². The van der Waals surface area contributed by atoms with Crippen molar-refractivity contribution in [1.29, 1.82) is 5.26 Å². The number of benzene rings is 1. The Morgan fingerprint density at radius 3 is 3.00 bits per heavy atom. The monoisotopic (exact) mass is 298 g/mol. The molecule has 1 aromatic heterocycles. The molecular weight excluding hydrogens is 286 g/mol. The lowest BCUT2D eigenvalue weighted by Crippen LogP contribution is -2.23. The summed E-state index contributed by atoms with van der Waals surface area (Å²) in [5.74, 6) is 0.582. The first kappa shape index (κ1) is 13.6. The number of nitro benzene ring substituents is 1. The number of nitrogens with one attached hydrogen (secondary N) is 2. The number of nitriles is 1. The van der Waals surface area contributed by atoms with E-state index in [0.717, 1.165) is 5.82 Å². The Kier molecular flexibility index (Phi) is 3.03. The number of ether oxygens (including phenoxy) is 1. The van der Waals surface area contributed by atoms with E-state index in [0.29, 0.717) is 17.1 Å². The smallest absolute Gasteiger partial charge is 0.333 e. The third-order valence-electron chi connectivity index (χ3n) is 3.46. The summed E-state index contributed by atoms with van der Waals surface area (Å²) in [5.41, 5.74) is 7.18. The van der Waals surface area contributed by atoms with E-state index in [9.17, 15) is 15.4 Å². The predicted molar refractivity (Wildman–Crippen MR) is 74.5 cm³/mol. The number of aromatic amines is 2. The maximum absolute atomic E-state index is 11.0. The Hall–Kier alpha value is -3.34. The first-order valence-corrected chi connectivity index (χ1v) is 6.45. The first-order valence-electron chi connectivity index (χ1n) is 6.45. The molecule has 0 saturated carbocycles. The number of fused-ring (bicyclic) bond motifs is 1. The van der Waals surface area contributed by atoms with Crippen LogP contribution in [-0.4, -0.2) is 9.91 Å². The van der Waals surface area contributed by atoms with Crippen LogP contribution in [0.1, 0.15) is 23.0 Å². The maximum atomic E-state index is 11.0. The first-order chi connectivity index (χ1) is 10.5. The molecule has 1 atom stereocenters. The average Bonchev–Trinajstić information content (AvgIpc) is 2.85. The highest BCUT2D eigenvalue weighted by Gasteiger charge is 2.37. The van der Waals surface area contributed by atoms with Gasteiger partial charge in [-0.25, -0.2) is 9.97 Å². The third-order valence-corrected chi connectivity index (χ3v) is 3.46. The molecule has 110 valence electrons. The molecule has 2 heterocycles. The predicted octanol–water partition coefficient (Wildman–Crippen LogP) is 1.26. The van der Waals surface area contributed by atoms with E-state index in [1.54, 1.807) is 19.1 Å². The van der Waals surface area contributed by atoms with Crippen LogP contribution in [0.3, 0.4) is 0 Å². The zero-order valence-electron chi connectivity index (χ0n) is 11.6. The lowest BCUT2D eigenvalue weighted by atomic mass is 9.87. The molecule has 22 heavy (non-hydrogen) atoms. The number of non-ortho nitro benzene ring substituents is 1. The highest BCUT2D eigenvalue weighted by molar-refractivity contribution is 5.52. The van der Waals surface area contributed by atoms with Crippen LogP contribution < -0.4 is 15.5 Å². The molecule has 8 nitrogen and oxygen atoms in total. The standard InChI is InChI=1S/C14H11N5O3/c1-7-17-12-11(8-3-2-4-9(5-8)19(20)21)10(6-15)13(16)22-14(12)18-7/h2-5,11H,16H2,1H3,(H,17,18)/p+1. The second-order valence-corrected chi connectivity index (χ2v) is 4.89. The molecular formula is C14H12N5O3+. The number of H-pyrrole nitrogens is 2. The van der Waals surface area contributed by atoms with Crippen LogP contribution in [0.15, 0.2) is 35.7 Å². The van der Waals surface area contributed by atoms with Crippen LogP contribution in [0.25, 0.3) is 0 Å². The van der Waals surface area contributed by atoms with Crippen molar-refractivity contribution >= 4 is 5.69 Å². The molecule has 0 spiro atoms. The van der Waals surface area contributed by atoms with E-state index in [1.165, 1.54) is 12.1 Å². The molecule has 0 bridgehead atoms. The van der Waals surface area contributed by atoms with Crippen molar-refractivity contribution < 1.29 is 14.6 Å². The molecule has 8 heteroatoms. The molecule has 2 aromatic rings. The van der Waals surface area contributed by atoms with E-state index >= 15 is 0 Å². The fourth-order valence-electron chi connectivity index (χ4n) is 2.53. The van der Waals surface area contributed by atoms with Crippen molar-refractivity contribution in [2.45, 2.75) is 12.8 Å². The van der Waals surface area contributed by atoms with E-state index in [4.69, 9.17) is 10.5 Å². The summed E-state index contributed by atoms with van der Waals surface area (Å²) in [5, 5.41) is 20.3. The second-order valence-electron chi connectivity index (χ2n) is 4.89. The van der Waals surface area contributed by atoms with Crippen molar-refractivity contribution in [3.05, 3.63) is 62.9 Å². The summed E-state index contributed by atoms with van der Waals surface area (Å²) < 4.78 is 5.40. The summed E-state index contributed by atoms with van der Waals surface area (Å²) in [6, 6.07) is 8.15. The molecule has 1 aromatic carbocycles. The topological polar surface area (TPSA) is 132 Å². The summed E-state index contributed by atoms with van der Waals surface area (Å²) >= 11 is 0. The zero-order chi connectivity index (χ0) is 15.9. The van der Waals surface area contributed by atoms with Crippen LogP contribution in [0.4, 0.5) is 5.69 Å². The fourth-order valence-corrected chi connectivity index (χ4v) is 2.53. The summed E-state index contributed by atoms with van der Waals surface area (Å²) in [6.45, 7) is 1.80. The van der Waals surface area contributed by atoms with Gasteiger partial charge >= 0.3 is 5.88 Å². The Morgan fingerprint density at radius 1 is 1.55 bits per heavy atom. The van der Waals surface area contributed by atoms with E-state index in [2.05, 4.69) is 9.97 Å². The minimum atomic E-state index is -0.543. The van der Waals surface area contributed by atoms with Gasteiger partial charge in [0.15, 0.2) is 0 Å². The van der Waals surface area contributed by atoms with Crippen molar-refractivity contribution in [2.75, 3.05) is 0 Å². The minimum Gasteiger partial charge on any atom is -0.403 e. The summed E-state index contributed by atoms with van der Waals surface area (Å²) in [7, 11) is 0. The molecule has 4 N–H and O–H groups in total. The lowest BCUT2D eigenvalue weighted by Gasteiger charge is -2.19. The van der Waals surface area contributed by atoms with Gasteiger partial charge in [0.1, 0.15) is 11.6 Å².